The number of carbonyl (C=O) groups is 1. The van der Waals surface area contributed by atoms with Crippen molar-refractivity contribution in [3.05, 3.63) is 23.6 Å². The molecule has 0 amide bonds. The van der Waals surface area contributed by atoms with Crippen LogP contribution in [0.3, 0.4) is 0 Å². The molecule has 1 N–H and O–H groups in total. The molecule has 0 aliphatic rings. The molecule has 0 bridgehead atoms. The van der Waals surface area contributed by atoms with Crippen LogP contribution in [0.2, 0.25) is 0 Å². The fraction of sp³-hybridized carbons (Fsp3) is 0.333. The summed E-state index contributed by atoms with van der Waals surface area (Å²) < 4.78 is 17.7. The van der Waals surface area contributed by atoms with E-state index in [1.165, 1.54) is 20.2 Å². The fourth-order valence-electron chi connectivity index (χ4n) is 0.970. The second-order valence-electron chi connectivity index (χ2n) is 2.82. The molecule has 0 saturated heterocycles. The lowest BCUT2D eigenvalue weighted by Crippen LogP contribution is -2.08. The Labute approximate surface area is 80.3 Å². The largest absolute Gasteiger partial charge is 0.481 e. The molecule has 1 unspecified atom stereocenters. The Hall–Kier alpha value is -1.65. The van der Waals surface area contributed by atoms with Gasteiger partial charge in [-0.3, -0.25) is 4.79 Å². The lowest BCUT2D eigenvalue weighted by Gasteiger charge is -2.07. The number of ether oxygens (including phenoxy) is 1. The first-order chi connectivity index (χ1) is 6.56. The number of aliphatic carboxylic acids is 1. The summed E-state index contributed by atoms with van der Waals surface area (Å²) in [5.41, 5.74) is 0.316. The molecule has 1 aromatic rings. The van der Waals surface area contributed by atoms with Crippen LogP contribution >= 0.6 is 0 Å². The number of methoxy groups -OCH3 is 1. The zero-order valence-electron chi connectivity index (χ0n) is 7.82. The van der Waals surface area contributed by atoms with Crippen LogP contribution in [-0.2, 0) is 4.79 Å². The van der Waals surface area contributed by atoms with E-state index in [2.05, 4.69) is 9.72 Å². The molecule has 0 radical (unpaired) electrons. The molecule has 0 fully saturated rings. The summed E-state index contributed by atoms with van der Waals surface area (Å²) in [5.74, 6) is -2.58. The van der Waals surface area contributed by atoms with Crippen molar-refractivity contribution in [2.24, 2.45) is 0 Å². The van der Waals surface area contributed by atoms with Gasteiger partial charge in [-0.1, -0.05) is 0 Å². The molecule has 1 aromatic heterocycles. The maximum atomic E-state index is 13.1. The van der Waals surface area contributed by atoms with Gasteiger partial charge in [0.05, 0.1) is 13.0 Å². The smallest absolute Gasteiger partial charge is 0.310 e. The predicted octanol–water partition coefficient (Wildman–Crippen LogP) is 1.42. The second-order valence-corrected chi connectivity index (χ2v) is 2.82. The summed E-state index contributed by atoms with van der Waals surface area (Å²) in [6, 6.07) is 1.12. The maximum absolute atomic E-state index is 13.1. The van der Waals surface area contributed by atoms with Gasteiger partial charge in [-0.2, -0.15) is 0 Å². The predicted molar refractivity (Wildman–Crippen MR) is 46.8 cm³/mol. The normalized spacial score (nSPS) is 12.2. The van der Waals surface area contributed by atoms with Gasteiger partial charge in [0.25, 0.3) is 0 Å². The van der Waals surface area contributed by atoms with Crippen molar-refractivity contribution < 1.29 is 19.0 Å². The van der Waals surface area contributed by atoms with Crippen LogP contribution in [0.1, 0.15) is 18.4 Å². The summed E-state index contributed by atoms with van der Waals surface area (Å²) in [6.07, 6.45) is 1.29. The van der Waals surface area contributed by atoms with Gasteiger partial charge in [-0.05, 0) is 18.6 Å². The van der Waals surface area contributed by atoms with Gasteiger partial charge < -0.3 is 9.84 Å². The molecular weight excluding hydrogens is 189 g/mol. The molecule has 0 aliphatic heterocycles. The van der Waals surface area contributed by atoms with Gasteiger partial charge >= 0.3 is 5.97 Å². The standard InChI is InChI=1S/C9H10FNO3/c1-5(9(12)13)6-3-7(10)8(14-2)11-4-6/h3-5H,1-2H3,(H,12,13). The molecule has 1 rings (SSSR count). The lowest BCUT2D eigenvalue weighted by molar-refractivity contribution is -0.138. The highest BCUT2D eigenvalue weighted by Crippen LogP contribution is 2.20. The number of hydrogen-bond acceptors (Lipinski definition) is 3. The van der Waals surface area contributed by atoms with Crippen LogP contribution < -0.4 is 4.74 Å². The maximum Gasteiger partial charge on any atom is 0.310 e. The topological polar surface area (TPSA) is 59.4 Å². The van der Waals surface area contributed by atoms with Gasteiger partial charge in [0.2, 0.25) is 5.88 Å². The van der Waals surface area contributed by atoms with E-state index in [9.17, 15) is 9.18 Å². The Balaban J connectivity index is 3.02. The SMILES string of the molecule is COc1ncc(C(C)C(=O)O)cc1F. The van der Waals surface area contributed by atoms with Crippen molar-refractivity contribution in [3.8, 4) is 5.88 Å². The minimum atomic E-state index is -1.02. The molecular formula is C9H10FNO3. The van der Waals surface area contributed by atoms with Crippen molar-refractivity contribution >= 4 is 5.97 Å². The average Bonchev–Trinajstić information content (AvgIpc) is 2.16. The molecule has 14 heavy (non-hydrogen) atoms. The number of carboxylic acids is 1. The van der Waals surface area contributed by atoms with Crippen LogP contribution in [0.5, 0.6) is 5.88 Å². The molecule has 1 atom stereocenters. The van der Waals surface area contributed by atoms with Crippen LogP contribution in [0.25, 0.3) is 0 Å². The van der Waals surface area contributed by atoms with Gasteiger partial charge in [-0.15, -0.1) is 0 Å². The highest BCUT2D eigenvalue weighted by Gasteiger charge is 2.16. The van der Waals surface area contributed by atoms with E-state index in [0.29, 0.717) is 5.56 Å². The molecule has 4 nitrogen and oxygen atoms in total. The number of halogens is 1. The van der Waals surface area contributed by atoms with Gasteiger partial charge in [0.1, 0.15) is 0 Å². The molecule has 0 saturated carbocycles. The Morgan fingerprint density at radius 3 is 2.79 bits per heavy atom. The third-order valence-corrected chi connectivity index (χ3v) is 1.89. The number of carboxylic acid groups (broad SMARTS) is 1. The first kappa shape index (κ1) is 10.4. The molecule has 0 aliphatic carbocycles. The molecule has 76 valence electrons. The quantitative estimate of drug-likeness (QED) is 0.799. The van der Waals surface area contributed by atoms with Crippen molar-refractivity contribution in [1.82, 2.24) is 4.98 Å². The van der Waals surface area contributed by atoms with Gasteiger partial charge in [-0.25, -0.2) is 9.37 Å². The minimum Gasteiger partial charge on any atom is -0.481 e. The van der Waals surface area contributed by atoms with Crippen molar-refractivity contribution in [3.63, 3.8) is 0 Å². The zero-order valence-corrected chi connectivity index (χ0v) is 7.82. The van der Waals surface area contributed by atoms with Crippen molar-refractivity contribution in [2.45, 2.75) is 12.8 Å². The Bertz CT molecular complexity index is 354. The second kappa shape index (κ2) is 4.04. The summed E-state index contributed by atoms with van der Waals surface area (Å²) in [4.78, 5) is 14.2. The Kier molecular flexibility index (Phi) is 3.01. The summed E-state index contributed by atoms with van der Waals surface area (Å²) >= 11 is 0. The summed E-state index contributed by atoms with van der Waals surface area (Å²) in [6.45, 7) is 1.46. The van der Waals surface area contributed by atoms with Gasteiger partial charge in [0.15, 0.2) is 5.82 Å². The van der Waals surface area contributed by atoms with E-state index in [1.807, 2.05) is 0 Å². The number of hydrogen-bond donors (Lipinski definition) is 1. The third kappa shape index (κ3) is 1.99. The zero-order chi connectivity index (χ0) is 10.7. The Morgan fingerprint density at radius 2 is 2.36 bits per heavy atom. The van der Waals surface area contributed by atoms with Gasteiger partial charge in [0, 0.05) is 6.20 Å². The molecule has 1 heterocycles. The van der Waals surface area contributed by atoms with E-state index >= 15 is 0 Å². The summed E-state index contributed by atoms with van der Waals surface area (Å²) in [7, 11) is 1.30. The molecule has 0 aromatic carbocycles. The third-order valence-electron chi connectivity index (χ3n) is 1.89. The number of rotatable bonds is 3. The molecule has 5 heteroatoms. The van der Waals surface area contributed by atoms with E-state index in [4.69, 9.17) is 5.11 Å². The van der Waals surface area contributed by atoms with E-state index in [-0.39, 0.29) is 5.88 Å². The van der Waals surface area contributed by atoms with Crippen LogP contribution in [0, 0.1) is 5.82 Å². The van der Waals surface area contributed by atoms with Crippen LogP contribution in [-0.4, -0.2) is 23.2 Å². The van der Waals surface area contributed by atoms with E-state index in [1.54, 1.807) is 0 Å². The lowest BCUT2D eigenvalue weighted by atomic mass is 10.0. The first-order valence-electron chi connectivity index (χ1n) is 3.98. The summed E-state index contributed by atoms with van der Waals surface area (Å²) in [5, 5.41) is 8.67. The molecule has 0 spiro atoms. The monoisotopic (exact) mass is 199 g/mol. The highest BCUT2D eigenvalue weighted by molar-refractivity contribution is 5.75. The van der Waals surface area contributed by atoms with E-state index in [0.717, 1.165) is 6.07 Å². The van der Waals surface area contributed by atoms with Crippen LogP contribution in [0.15, 0.2) is 12.3 Å². The fourth-order valence-corrected chi connectivity index (χ4v) is 0.970. The highest BCUT2D eigenvalue weighted by atomic mass is 19.1. The first-order valence-corrected chi connectivity index (χ1v) is 3.98. The average molecular weight is 199 g/mol. The number of nitrogens with zero attached hydrogens (tertiary/aromatic N) is 1. The Morgan fingerprint density at radius 1 is 1.71 bits per heavy atom. The van der Waals surface area contributed by atoms with E-state index < -0.39 is 17.7 Å². The minimum absolute atomic E-state index is 0.133. The number of pyridine rings is 1. The van der Waals surface area contributed by atoms with Crippen LogP contribution in [0.4, 0.5) is 4.39 Å². The van der Waals surface area contributed by atoms with Crippen molar-refractivity contribution in [2.75, 3.05) is 7.11 Å². The number of aromatic nitrogens is 1. The van der Waals surface area contributed by atoms with Crippen molar-refractivity contribution in [1.29, 1.82) is 0 Å².